The second-order valence-corrected chi connectivity index (χ2v) is 6.64. The summed E-state index contributed by atoms with van der Waals surface area (Å²) in [7, 11) is 0. The molecular weight excluding hydrogens is 220 g/mol. The molecule has 0 aromatic rings. The molecule has 0 amide bonds. The first-order valence-corrected chi connectivity index (χ1v) is 8.37. The van der Waals surface area contributed by atoms with E-state index in [-0.39, 0.29) is 6.10 Å². The lowest BCUT2D eigenvalue weighted by atomic mass is 9.96. The van der Waals surface area contributed by atoms with Crippen LogP contribution in [0.15, 0.2) is 0 Å². The van der Waals surface area contributed by atoms with E-state index in [9.17, 15) is 5.11 Å². The molecule has 0 heterocycles. The lowest BCUT2D eigenvalue weighted by Gasteiger charge is -2.16. The minimum atomic E-state index is -0.0217. The predicted octanol–water partition coefficient (Wildman–Crippen LogP) is 5.46. The monoisotopic (exact) mass is 254 g/mol. The summed E-state index contributed by atoms with van der Waals surface area (Å²) in [6, 6.07) is 0. The van der Waals surface area contributed by atoms with Gasteiger partial charge < -0.3 is 5.11 Å². The maximum absolute atomic E-state index is 9.97. The summed E-state index contributed by atoms with van der Waals surface area (Å²) in [5.41, 5.74) is 0.305. The summed E-state index contributed by atoms with van der Waals surface area (Å²) in [5.74, 6) is 0. The molecule has 0 bridgehead atoms. The van der Waals surface area contributed by atoms with Crippen LogP contribution in [0.25, 0.3) is 0 Å². The highest BCUT2D eigenvalue weighted by Gasteiger charge is 2.43. The second kappa shape index (κ2) is 8.96. The molecule has 0 radical (unpaired) electrons. The van der Waals surface area contributed by atoms with E-state index in [2.05, 4.69) is 13.8 Å². The van der Waals surface area contributed by atoms with Gasteiger partial charge in [0.1, 0.15) is 0 Å². The Bertz CT molecular complexity index is 196. The molecule has 0 aromatic carbocycles. The largest absolute Gasteiger partial charge is 0.393 e. The van der Waals surface area contributed by atoms with Gasteiger partial charge in [-0.1, -0.05) is 78.1 Å². The average molecular weight is 254 g/mol. The molecule has 1 nitrogen and oxygen atoms in total. The Morgan fingerprint density at radius 2 is 1.28 bits per heavy atom. The normalized spacial score (nSPS) is 18.8. The van der Waals surface area contributed by atoms with Gasteiger partial charge in [0.25, 0.3) is 0 Å². The van der Waals surface area contributed by atoms with Crippen molar-refractivity contribution in [2.45, 2.75) is 103 Å². The fourth-order valence-corrected chi connectivity index (χ4v) is 2.70. The van der Waals surface area contributed by atoms with Crippen molar-refractivity contribution in [3.05, 3.63) is 0 Å². The lowest BCUT2D eigenvalue weighted by molar-refractivity contribution is 0.0913. The van der Waals surface area contributed by atoms with Gasteiger partial charge in [-0.2, -0.15) is 0 Å². The Balaban J connectivity index is 1.76. The quantitative estimate of drug-likeness (QED) is 0.459. The van der Waals surface area contributed by atoms with Crippen LogP contribution in [-0.2, 0) is 0 Å². The van der Waals surface area contributed by atoms with Crippen LogP contribution in [0, 0.1) is 5.41 Å². The van der Waals surface area contributed by atoms with Crippen molar-refractivity contribution in [2.24, 2.45) is 5.41 Å². The average Bonchev–Trinajstić information content (AvgIpc) is 3.11. The molecule has 0 aliphatic heterocycles. The molecular formula is C17H34O. The number of hydrogen-bond donors (Lipinski definition) is 1. The van der Waals surface area contributed by atoms with E-state index in [4.69, 9.17) is 0 Å². The fourth-order valence-electron chi connectivity index (χ4n) is 2.70. The SMILES string of the molecule is CCCCCCCCCCCCC(O)C1(C)CC1. The molecule has 0 spiro atoms. The minimum absolute atomic E-state index is 0.0217. The van der Waals surface area contributed by atoms with Crippen LogP contribution < -0.4 is 0 Å². The van der Waals surface area contributed by atoms with Gasteiger partial charge in [0.15, 0.2) is 0 Å². The van der Waals surface area contributed by atoms with Crippen LogP contribution in [0.2, 0.25) is 0 Å². The van der Waals surface area contributed by atoms with Crippen LogP contribution in [-0.4, -0.2) is 11.2 Å². The van der Waals surface area contributed by atoms with Gasteiger partial charge in [-0.05, 0) is 24.7 Å². The van der Waals surface area contributed by atoms with Gasteiger partial charge in [-0.25, -0.2) is 0 Å². The third-order valence-corrected chi connectivity index (χ3v) is 4.67. The first-order valence-electron chi connectivity index (χ1n) is 8.37. The predicted molar refractivity (Wildman–Crippen MR) is 79.8 cm³/mol. The number of aliphatic hydroxyl groups is 1. The lowest BCUT2D eigenvalue weighted by Crippen LogP contribution is -2.18. The first-order chi connectivity index (χ1) is 8.69. The summed E-state index contributed by atoms with van der Waals surface area (Å²) in [6.45, 7) is 4.50. The van der Waals surface area contributed by atoms with Gasteiger partial charge in [-0.15, -0.1) is 0 Å². The van der Waals surface area contributed by atoms with Crippen molar-refractivity contribution < 1.29 is 5.11 Å². The standard InChI is InChI=1S/C17H34O/c1-3-4-5-6-7-8-9-10-11-12-13-16(18)17(2)14-15-17/h16,18H,3-15H2,1-2H3. The van der Waals surface area contributed by atoms with E-state index in [1.165, 1.54) is 77.0 Å². The van der Waals surface area contributed by atoms with Gasteiger partial charge in [0.05, 0.1) is 6.10 Å². The van der Waals surface area contributed by atoms with Gasteiger partial charge in [0.2, 0.25) is 0 Å². The summed E-state index contributed by atoms with van der Waals surface area (Å²) < 4.78 is 0. The molecule has 18 heavy (non-hydrogen) atoms. The third kappa shape index (κ3) is 6.78. The van der Waals surface area contributed by atoms with Crippen LogP contribution in [0.1, 0.15) is 97.3 Å². The van der Waals surface area contributed by atoms with Crippen molar-refractivity contribution in [3.63, 3.8) is 0 Å². The van der Waals surface area contributed by atoms with Gasteiger partial charge >= 0.3 is 0 Å². The van der Waals surface area contributed by atoms with Crippen LogP contribution in [0.4, 0.5) is 0 Å². The zero-order valence-electron chi connectivity index (χ0n) is 12.7. The molecule has 1 atom stereocenters. The Morgan fingerprint density at radius 1 is 0.833 bits per heavy atom. The molecule has 0 saturated heterocycles. The maximum atomic E-state index is 9.97. The van der Waals surface area contributed by atoms with Crippen molar-refractivity contribution in [1.82, 2.24) is 0 Å². The van der Waals surface area contributed by atoms with E-state index < -0.39 is 0 Å². The smallest absolute Gasteiger partial charge is 0.0593 e. The maximum Gasteiger partial charge on any atom is 0.0593 e. The highest BCUT2D eigenvalue weighted by atomic mass is 16.3. The zero-order valence-corrected chi connectivity index (χ0v) is 12.7. The van der Waals surface area contributed by atoms with E-state index in [0.29, 0.717) is 5.41 Å². The Hall–Kier alpha value is -0.0400. The molecule has 1 rings (SSSR count). The van der Waals surface area contributed by atoms with E-state index in [0.717, 1.165) is 6.42 Å². The Morgan fingerprint density at radius 3 is 1.72 bits per heavy atom. The molecule has 1 fully saturated rings. The first kappa shape index (κ1) is 16.0. The van der Waals surface area contributed by atoms with Crippen molar-refractivity contribution in [3.8, 4) is 0 Å². The Labute approximate surface area is 114 Å². The van der Waals surface area contributed by atoms with Crippen LogP contribution >= 0.6 is 0 Å². The van der Waals surface area contributed by atoms with Crippen molar-refractivity contribution in [1.29, 1.82) is 0 Å². The van der Waals surface area contributed by atoms with Crippen molar-refractivity contribution in [2.75, 3.05) is 0 Å². The topological polar surface area (TPSA) is 20.2 Å². The number of hydrogen-bond acceptors (Lipinski definition) is 1. The van der Waals surface area contributed by atoms with Crippen molar-refractivity contribution >= 4 is 0 Å². The zero-order chi connectivity index (χ0) is 13.3. The molecule has 108 valence electrons. The Kier molecular flexibility index (Phi) is 7.97. The molecule has 1 unspecified atom stereocenters. The third-order valence-electron chi connectivity index (χ3n) is 4.67. The fraction of sp³-hybridized carbons (Fsp3) is 1.00. The highest BCUT2D eigenvalue weighted by molar-refractivity contribution is 4.94. The van der Waals surface area contributed by atoms with E-state index in [1.54, 1.807) is 0 Å². The van der Waals surface area contributed by atoms with Gasteiger partial charge in [-0.3, -0.25) is 0 Å². The summed E-state index contributed by atoms with van der Waals surface area (Å²) in [5, 5.41) is 9.97. The second-order valence-electron chi connectivity index (χ2n) is 6.64. The molecule has 1 saturated carbocycles. The highest BCUT2D eigenvalue weighted by Crippen LogP contribution is 2.49. The number of rotatable bonds is 12. The van der Waals surface area contributed by atoms with E-state index in [1.807, 2.05) is 0 Å². The molecule has 1 N–H and O–H groups in total. The molecule has 1 aliphatic carbocycles. The minimum Gasteiger partial charge on any atom is -0.393 e. The summed E-state index contributed by atoms with van der Waals surface area (Å²) in [4.78, 5) is 0. The summed E-state index contributed by atoms with van der Waals surface area (Å²) in [6.07, 6.45) is 17.3. The van der Waals surface area contributed by atoms with Crippen LogP contribution in [0.5, 0.6) is 0 Å². The molecule has 1 heteroatoms. The van der Waals surface area contributed by atoms with Crippen LogP contribution in [0.3, 0.4) is 0 Å². The van der Waals surface area contributed by atoms with E-state index >= 15 is 0 Å². The summed E-state index contributed by atoms with van der Waals surface area (Å²) >= 11 is 0. The number of unbranched alkanes of at least 4 members (excludes halogenated alkanes) is 9. The van der Waals surface area contributed by atoms with Gasteiger partial charge in [0, 0.05) is 0 Å². The number of aliphatic hydroxyl groups excluding tert-OH is 1. The molecule has 1 aliphatic rings. The molecule has 0 aromatic heterocycles.